The van der Waals surface area contributed by atoms with Crippen molar-refractivity contribution in [3.63, 3.8) is 0 Å². The first kappa shape index (κ1) is 16.9. The molecule has 0 bridgehead atoms. The summed E-state index contributed by atoms with van der Waals surface area (Å²) in [4.78, 5) is 29.5. The summed E-state index contributed by atoms with van der Waals surface area (Å²) in [5, 5.41) is 14.0. The normalized spacial score (nSPS) is 15.0. The summed E-state index contributed by atoms with van der Waals surface area (Å²) >= 11 is 0. The number of carbonyl (C=O) groups excluding carboxylic acids is 1. The molecule has 0 unspecified atom stereocenters. The van der Waals surface area contributed by atoms with Crippen LogP contribution in [0.4, 0.5) is 17.2 Å². The molecule has 3 rings (SSSR count). The molecule has 0 saturated carbocycles. The third kappa shape index (κ3) is 3.93. The summed E-state index contributed by atoms with van der Waals surface area (Å²) in [6.07, 6.45) is 1.31. The van der Waals surface area contributed by atoms with E-state index in [2.05, 4.69) is 10.3 Å². The van der Waals surface area contributed by atoms with E-state index in [4.69, 9.17) is 0 Å². The highest BCUT2D eigenvalue weighted by atomic mass is 16.6. The van der Waals surface area contributed by atoms with Gasteiger partial charge in [0.15, 0.2) is 0 Å². The summed E-state index contributed by atoms with van der Waals surface area (Å²) in [6.45, 7) is 3.11. The van der Waals surface area contributed by atoms with Crippen LogP contribution in [0.15, 0.2) is 42.5 Å². The number of aryl methyl sites for hydroxylation is 1. The van der Waals surface area contributed by atoms with Gasteiger partial charge in [-0.2, -0.15) is 0 Å². The number of hydrogen-bond donors (Lipinski definition) is 1. The zero-order chi connectivity index (χ0) is 17.8. The molecular weight excluding hydrogens is 320 g/mol. The zero-order valence-electron chi connectivity index (χ0n) is 14.0. The third-order valence-corrected chi connectivity index (χ3v) is 4.42. The molecule has 1 aliphatic heterocycles. The van der Waals surface area contributed by atoms with Crippen LogP contribution in [-0.4, -0.2) is 28.9 Å². The molecule has 0 aliphatic carbocycles. The number of nitro benzene ring substituents is 1. The Kier molecular flexibility index (Phi) is 4.92. The van der Waals surface area contributed by atoms with Crippen LogP contribution in [0, 0.1) is 23.0 Å². The molecule has 25 heavy (non-hydrogen) atoms. The number of aromatic nitrogens is 1. The minimum absolute atomic E-state index is 0.0414. The predicted molar refractivity (Wildman–Crippen MR) is 95.6 cm³/mol. The van der Waals surface area contributed by atoms with Crippen LogP contribution in [0.2, 0.25) is 0 Å². The summed E-state index contributed by atoms with van der Waals surface area (Å²) in [5.74, 6) is 0.410. The summed E-state index contributed by atoms with van der Waals surface area (Å²) in [6, 6.07) is 12.2. The number of nitro groups is 1. The number of rotatable bonds is 4. The van der Waals surface area contributed by atoms with Crippen molar-refractivity contribution in [3.8, 4) is 0 Å². The minimum atomic E-state index is -0.364. The lowest BCUT2D eigenvalue weighted by Crippen LogP contribution is -2.38. The average molecular weight is 340 g/mol. The number of anilines is 2. The second-order valence-electron chi connectivity index (χ2n) is 6.16. The van der Waals surface area contributed by atoms with Crippen molar-refractivity contribution in [3.05, 3.63) is 58.3 Å². The highest BCUT2D eigenvalue weighted by Crippen LogP contribution is 2.31. The number of nitrogens with one attached hydrogen (secondary N) is 1. The molecule has 1 aromatic carbocycles. The molecule has 1 fully saturated rings. The quantitative estimate of drug-likeness (QED) is 0.682. The van der Waals surface area contributed by atoms with Crippen LogP contribution in [0.3, 0.4) is 0 Å². The van der Waals surface area contributed by atoms with Crippen LogP contribution in [0.1, 0.15) is 18.5 Å². The van der Waals surface area contributed by atoms with Crippen molar-refractivity contribution in [2.75, 3.05) is 23.3 Å². The second-order valence-corrected chi connectivity index (χ2v) is 6.16. The minimum Gasteiger partial charge on any atom is -0.366 e. The van der Waals surface area contributed by atoms with Gasteiger partial charge in [0.25, 0.3) is 5.69 Å². The number of piperidine rings is 1. The Morgan fingerprint density at radius 3 is 2.60 bits per heavy atom. The van der Waals surface area contributed by atoms with Crippen LogP contribution in [0.5, 0.6) is 0 Å². The first-order chi connectivity index (χ1) is 12.0. The largest absolute Gasteiger partial charge is 0.366 e. The maximum Gasteiger partial charge on any atom is 0.292 e. The fourth-order valence-electron chi connectivity index (χ4n) is 3.11. The molecule has 1 saturated heterocycles. The van der Waals surface area contributed by atoms with Gasteiger partial charge in [-0.25, -0.2) is 4.98 Å². The van der Waals surface area contributed by atoms with Gasteiger partial charge in [-0.1, -0.05) is 18.2 Å². The second kappa shape index (κ2) is 7.29. The Morgan fingerprint density at radius 1 is 1.20 bits per heavy atom. The van der Waals surface area contributed by atoms with Crippen molar-refractivity contribution in [1.29, 1.82) is 0 Å². The predicted octanol–water partition coefficient (Wildman–Crippen LogP) is 3.15. The van der Waals surface area contributed by atoms with E-state index in [0.717, 1.165) is 5.69 Å². The maximum absolute atomic E-state index is 12.4. The van der Waals surface area contributed by atoms with Gasteiger partial charge in [-0.3, -0.25) is 14.9 Å². The van der Waals surface area contributed by atoms with Gasteiger partial charge in [0.2, 0.25) is 5.91 Å². The first-order valence-electron chi connectivity index (χ1n) is 8.27. The van der Waals surface area contributed by atoms with Gasteiger partial charge in [-0.15, -0.1) is 0 Å². The molecule has 0 atom stereocenters. The van der Waals surface area contributed by atoms with Gasteiger partial charge < -0.3 is 10.2 Å². The Hall–Kier alpha value is -2.96. The Bertz CT molecular complexity index is 785. The van der Waals surface area contributed by atoms with Crippen molar-refractivity contribution in [2.24, 2.45) is 5.92 Å². The van der Waals surface area contributed by atoms with E-state index in [1.807, 2.05) is 24.0 Å². The molecule has 0 radical (unpaired) electrons. The molecule has 7 nitrogen and oxygen atoms in total. The highest BCUT2D eigenvalue weighted by Gasteiger charge is 2.28. The molecule has 2 heterocycles. The van der Waals surface area contributed by atoms with Gasteiger partial charge in [0.1, 0.15) is 11.5 Å². The Labute approximate surface area is 145 Å². The van der Waals surface area contributed by atoms with Gasteiger partial charge in [-0.05, 0) is 38.0 Å². The number of carbonyl (C=O) groups is 1. The lowest BCUT2D eigenvalue weighted by molar-refractivity contribution is -0.384. The lowest BCUT2D eigenvalue weighted by Gasteiger charge is -2.32. The molecule has 2 aromatic rings. The van der Waals surface area contributed by atoms with Crippen molar-refractivity contribution >= 4 is 23.1 Å². The molecule has 7 heteroatoms. The third-order valence-electron chi connectivity index (χ3n) is 4.42. The Balaban J connectivity index is 1.62. The van der Waals surface area contributed by atoms with Crippen molar-refractivity contribution in [1.82, 2.24) is 4.98 Å². The maximum atomic E-state index is 12.4. The first-order valence-corrected chi connectivity index (χ1v) is 8.27. The topological polar surface area (TPSA) is 88.4 Å². The van der Waals surface area contributed by atoms with E-state index in [-0.39, 0.29) is 22.4 Å². The summed E-state index contributed by atoms with van der Waals surface area (Å²) in [7, 11) is 0. The molecule has 1 amide bonds. The van der Waals surface area contributed by atoms with Crippen molar-refractivity contribution in [2.45, 2.75) is 19.8 Å². The molecule has 1 aliphatic rings. The number of nitrogens with zero attached hydrogens (tertiary/aromatic N) is 3. The van der Waals surface area contributed by atoms with Gasteiger partial charge >= 0.3 is 0 Å². The van der Waals surface area contributed by atoms with E-state index in [1.165, 1.54) is 6.07 Å². The number of para-hydroxylation sites is 2. The summed E-state index contributed by atoms with van der Waals surface area (Å²) in [5.41, 5.74) is 1.57. The van der Waals surface area contributed by atoms with E-state index in [9.17, 15) is 14.9 Å². The fourth-order valence-corrected chi connectivity index (χ4v) is 3.11. The standard InChI is InChI=1S/C18H20N4O3/c1-13-5-4-8-17(19-13)20-18(23)14-9-11-21(12-10-14)15-6-2-3-7-16(15)22(24)25/h2-8,14H,9-12H2,1H3,(H,19,20,23). The van der Waals surface area contributed by atoms with Crippen LogP contribution < -0.4 is 10.2 Å². The fraction of sp³-hybridized carbons (Fsp3) is 0.333. The van der Waals surface area contributed by atoms with Crippen LogP contribution >= 0.6 is 0 Å². The Morgan fingerprint density at radius 2 is 1.92 bits per heavy atom. The van der Waals surface area contributed by atoms with Crippen molar-refractivity contribution < 1.29 is 9.72 Å². The number of benzene rings is 1. The number of amides is 1. The number of hydrogen-bond acceptors (Lipinski definition) is 5. The van der Waals surface area contributed by atoms with E-state index in [1.54, 1.807) is 24.3 Å². The van der Waals surface area contributed by atoms with Crippen LogP contribution in [0.25, 0.3) is 0 Å². The summed E-state index contributed by atoms with van der Waals surface area (Å²) < 4.78 is 0. The van der Waals surface area contributed by atoms with E-state index < -0.39 is 0 Å². The van der Waals surface area contributed by atoms with Crippen LogP contribution in [-0.2, 0) is 4.79 Å². The monoisotopic (exact) mass is 340 g/mol. The zero-order valence-corrected chi connectivity index (χ0v) is 14.0. The molecule has 130 valence electrons. The molecular formula is C18H20N4O3. The molecule has 0 spiro atoms. The van der Waals surface area contributed by atoms with Gasteiger partial charge in [0.05, 0.1) is 4.92 Å². The smallest absolute Gasteiger partial charge is 0.292 e. The average Bonchev–Trinajstić information content (AvgIpc) is 2.62. The number of pyridine rings is 1. The van der Waals surface area contributed by atoms with E-state index in [0.29, 0.717) is 37.4 Å². The van der Waals surface area contributed by atoms with Gasteiger partial charge in [0, 0.05) is 30.8 Å². The van der Waals surface area contributed by atoms with E-state index >= 15 is 0 Å². The SMILES string of the molecule is Cc1cccc(NC(=O)C2CCN(c3ccccc3[N+](=O)[O-])CC2)n1. The molecule has 1 aromatic heterocycles. The lowest BCUT2D eigenvalue weighted by atomic mass is 9.95. The highest BCUT2D eigenvalue weighted by molar-refractivity contribution is 5.91. The molecule has 1 N–H and O–H groups in total.